The van der Waals surface area contributed by atoms with Gasteiger partial charge in [-0.3, -0.25) is 10.2 Å². The summed E-state index contributed by atoms with van der Waals surface area (Å²) < 4.78 is 0. The predicted octanol–water partition coefficient (Wildman–Crippen LogP) is 1.34. The third-order valence-electron chi connectivity index (χ3n) is 4.96. The van der Waals surface area contributed by atoms with E-state index in [1.54, 1.807) is 0 Å². The predicted molar refractivity (Wildman–Crippen MR) is 85.6 cm³/mol. The van der Waals surface area contributed by atoms with Gasteiger partial charge in [-0.1, -0.05) is 6.42 Å². The molecule has 0 aromatic rings. The molecule has 1 amide bonds. The SMILES string of the molecule is NNC(=O)CCCCCN1CCC(CN2CCCC2)CC1. The summed E-state index contributed by atoms with van der Waals surface area (Å²) >= 11 is 0. The highest BCUT2D eigenvalue weighted by atomic mass is 16.2. The van der Waals surface area contributed by atoms with Crippen LogP contribution >= 0.6 is 0 Å². The van der Waals surface area contributed by atoms with Gasteiger partial charge in [-0.2, -0.15) is 0 Å². The maximum absolute atomic E-state index is 11.0. The lowest BCUT2D eigenvalue weighted by atomic mass is 9.96. The molecule has 3 N–H and O–H groups in total. The Morgan fingerprint density at radius 2 is 1.71 bits per heavy atom. The Morgan fingerprint density at radius 3 is 2.38 bits per heavy atom. The summed E-state index contributed by atoms with van der Waals surface area (Å²) in [5, 5.41) is 0. The van der Waals surface area contributed by atoms with Crippen molar-refractivity contribution in [1.29, 1.82) is 0 Å². The first-order chi connectivity index (χ1) is 10.3. The molecule has 0 aromatic heterocycles. The fraction of sp³-hybridized carbons (Fsp3) is 0.938. The van der Waals surface area contributed by atoms with E-state index in [2.05, 4.69) is 15.2 Å². The van der Waals surface area contributed by atoms with Crippen LogP contribution in [0.3, 0.4) is 0 Å². The van der Waals surface area contributed by atoms with Gasteiger partial charge in [0.25, 0.3) is 0 Å². The molecule has 0 aromatic carbocycles. The number of carbonyl (C=O) groups is 1. The van der Waals surface area contributed by atoms with E-state index in [1.807, 2.05) is 0 Å². The molecule has 0 unspecified atom stereocenters. The molecule has 5 nitrogen and oxygen atoms in total. The van der Waals surface area contributed by atoms with Gasteiger partial charge in [0, 0.05) is 13.0 Å². The number of hydrazine groups is 1. The lowest BCUT2D eigenvalue weighted by Crippen LogP contribution is -2.38. The average Bonchev–Trinajstić information content (AvgIpc) is 3.01. The van der Waals surface area contributed by atoms with E-state index >= 15 is 0 Å². The summed E-state index contributed by atoms with van der Waals surface area (Å²) in [5.41, 5.74) is 2.19. The number of rotatable bonds is 8. The second-order valence-corrected chi connectivity index (χ2v) is 6.67. The lowest BCUT2D eigenvalue weighted by Gasteiger charge is -2.33. The maximum atomic E-state index is 11.0. The fourth-order valence-corrected chi connectivity index (χ4v) is 3.59. The zero-order valence-electron chi connectivity index (χ0n) is 13.4. The Bertz CT molecular complexity index is 297. The molecule has 2 saturated heterocycles. The molecule has 0 saturated carbocycles. The largest absolute Gasteiger partial charge is 0.303 e. The Labute approximate surface area is 129 Å². The van der Waals surface area contributed by atoms with Gasteiger partial charge in [-0.05, 0) is 77.2 Å². The quantitative estimate of drug-likeness (QED) is 0.307. The number of nitrogens with two attached hydrogens (primary N) is 1. The van der Waals surface area contributed by atoms with Crippen molar-refractivity contribution < 1.29 is 4.79 Å². The van der Waals surface area contributed by atoms with Crippen LogP contribution in [-0.2, 0) is 4.79 Å². The van der Waals surface area contributed by atoms with Crippen LogP contribution < -0.4 is 11.3 Å². The van der Waals surface area contributed by atoms with E-state index < -0.39 is 0 Å². The van der Waals surface area contributed by atoms with E-state index in [4.69, 9.17) is 5.84 Å². The topological polar surface area (TPSA) is 61.6 Å². The van der Waals surface area contributed by atoms with Crippen LogP contribution in [0, 0.1) is 5.92 Å². The van der Waals surface area contributed by atoms with Crippen LogP contribution in [-0.4, -0.2) is 55.0 Å². The molecule has 2 fully saturated rings. The van der Waals surface area contributed by atoms with E-state index in [1.165, 1.54) is 71.4 Å². The zero-order valence-corrected chi connectivity index (χ0v) is 13.4. The molecular formula is C16H32N4O. The number of nitrogens with one attached hydrogen (secondary N) is 1. The molecule has 21 heavy (non-hydrogen) atoms. The van der Waals surface area contributed by atoms with Crippen molar-refractivity contribution >= 4 is 5.91 Å². The van der Waals surface area contributed by atoms with Gasteiger partial charge in [0.2, 0.25) is 5.91 Å². The fourth-order valence-electron chi connectivity index (χ4n) is 3.59. The normalized spacial score (nSPS) is 21.8. The molecule has 0 radical (unpaired) electrons. The molecule has 2 rings (SSSR count). The first-order valence-corrected chi connectivity index (χ1v) is 8.72. The minimum atomic E-state index is -0.0438. The van der Waals surface area contributed by atoms with Crippen molar-refractivity contribution in [3.63, 3.8) is 0 Å². The molecule has 0 spiro atoms. The molecular weight excluding hydrogens is 264 g/mol. The standard InChI is InChI=1S/C16H32N4O/c17-18-16(21)6-2-1-3-9-19-12-7-15(8-13-19)14-20-10-4-5-11-20/h15H,1-14,17H2,(H,18,21). The monoisotopic (exact) mass is 296 g/mol. The third-order valence-corrected chi connectivity index (χ3v) is 4.96. The Morgan fingerprint density at radius 1 is 1.00 bits per heavy atom. The average molecular weight is 296 g/mol. The summed E-state index contributed by atoms with van der Waals surface area (Å²) in [4.78, 5) is 16.3. The van der Waals surface area contributed by atoms with Crippen LogP contribution in [0.25, 0.3) is 0 Å². The molecule has 2 aliphatic heterocycles. The van der Waals surface area contributed by atoms with Gasteiger partial charge < -0.3 is 9.80 Å². The van der Waals surface area contributed by atoms with Crippen LogP contribution in [0.1, 0.15) is 51.4 Å². The highest BCUT2D eigenvalue weighted by Gasteiger charge is 2.22. The molecule has 122 valence electrons. The van der Waals surface area contributed by atoms with E-state index in [0.717, 1.165) is 18.8 Å². The Kier molecular flexibility index (Phi) is 7.47. The number of amides is 1. The van der Waals surface area contributed by atoms with E-state index in [0.29, 0.717) is 6.42 Å². The highest BCUT2D eigenvalue weighted by Crippen LogP contribution is 2.21. The molecule has 2 heterocycles. The Hall–Kier alpha value is -0.650. The van der Waals surface area contributed by atoms with Crippen LogP contribution in [0.4, 0.5) is 0 Å². The van der Waals surface area contributed by atoms with Crippen molar-refractivity contribution in [2.45, 2.75) is 51.4 Å². The molecule has 2 aliphatic rings. The number of piperidine rings is 1. The number of carbonyl (C=O) groups excluding carboxylic acids is 1. The Balaban J connectivity index is 1.48. The van der Waals surface area contributed by atoms with Gasteiger partial charge in [-0.15, -0.1) is 0 Å². The summed E-state index contributed by atoms with van der Waals surface area (Å²) in [6.45, 7) is 7.72. The highest BCUT2D eigenvalue weighted by molar-refractivity contribution is 5.74. The molecule has 0 bridgehead atoms. The van der Waals surface area contributed by atoms with Crippen molar-refractivity contribution in [2.24, 2.45) is 11.8 Å². The second kappa shape index (κ2) is 9.38. The van der Waals surface area contributed by atoms with Gasteiger partial charge in [-0.25, -0.2) is 5.84 Å². The third kappa shape index (κ3) is 6.32. The van der Waals surface area contributed by atoms with E-state index in [9.17, 15) is 4.79 Å². The van der Waals surface area contributed by atoms with E-state index in [-0.39, 0.29) is 5.91 Å². The first-order valence-electron chi connectivity index (χ1n) is 8.72. The molecule has 0 atom stereocenters. The van der Waals surface area contributed by atoms with Gasteiger partial charge >= 0.3 is 0 Å². The van der Waals surface area contributed by atoms with Crippen molar-refractivity contribution in [3.8, 4) is 0 Å². The number of hydrogen-bond acceptors (Lipinski definition) is 4. The van der Waals surface area contributed by atoms with Gasteiger partial charge in [0.05, 0.1) is 0 Å². The van der Waals surface area contributed by atoms with Crippen molar-refractivity contribution in [1.82, 2.24) is 15.2 Å². The molecule has 0 aliphatic carbocycles. The minimum Gasteiger partial charge on any atom is -0.303 e. The zero-order chi connectivity index (χ0) is 14.9. The molecule has 5 heteroatoms. The number of likely N-dealkylation sites (tertiary alicyclic amines) is 2. The number of unbranched alkanes of at least 4 members (excludes halogenated alkanes) is 2. The van der Waals surface area contributed by atoms with Crippen LogP contribution in [0.2, 0.25) is 0 Å². The summed E-state index contributed by atoms with van der Waals surface area (Å²) in [7, 11) is 0. The second-order valence-electron chi connectivity index (χ2n) is 6.67. The summed E-state index contributed by atoms with van der Waals surface area (Å²) in [6, 6.07) is 0. The maximum Gasteiger partial charge on any atom is 0.233 e. The van der Waals surface area contributed by atoms with Gasteiger partial charge in [0.15, 0.2) is 0 Å². The van der Waals surface area contributed by atoms with Crippen molar-refractivity contribution in [3.05, 3.63) is 0 Å². The smallest absolute Gasteiger partial charge is 0.233 e. The lowest BCUT2D eigenvalue weighted by molar-refractivity contribution is -0.121. The number of nitrogens with zero attached hydrogens (tertiary/aromatic N) is 2. The van der Waals surface area contributed by atoms with Crippen LogP contribution in [0.5, 0.6) is 0 Å². The first kappa shape index (κ1) is 16.7. The van der Waals surface area contributed by atoms with Gasteiger partial charge in [0.1, 0.15) is 0 Å². The van der Waals surface area contributed by atoms with Crippen LogP contribution in [0.15, 0.2) is 0 Å². The summed E-state index contributed by atoms with van der Waals surface area (Å²) in [5.74, 6) is 5.94. The summed E-state index contributed by atoms with van der Waals surface area (Å²) in [6.07, 6.45) is 9.39. The van der Waals surface area contributed by atoms with Crippen molar-refractivity contribution in [2.75, 3.05) is 39.3 Å². The number of hydrogen-bond donors (Lipinski definition) is 2. The minimum absolute atomic E-state index is 0.0438.